The molecule has 1 N–H and O–H groups in total. The number of benzene rings is 1. The molecule has 0 amide bonds. The van der Waals surface area contributed by atoms with Crippen LogP contribution >= 0.6 is 27.7 Å². The fourth-order valence-electron chi connectivity index (χ4n) is 2.61. The second kappa shape index (κ2) is 4.32. The Balaban J connectivity index is 2.13. The first-order valence-corrected chi connectivity index (χ1v) is 7.70. The molecule has 17 heavy (non-hydrogen) atoms. The van der Waals surface area contributed by atoms with Crippen molar-refractivity contribution in [3.8, 4) is 0 Å². The van der Waals surface area contributed by atoms with Crippen molar-refractivity contribution in [3.63, 3.8) is 0 Å². The van der Waals surface area contributed by atoms with Crippen molar-refractivity contribution in [2.45, 2.75) is 18.1 Å². The Morgan fingerprint density at radius 1 is 1.47 bits per heavy atom. The first-order valence-electron chi connectivity index (χ1n) is 5.92. The van der Waals surface area contributed by atoms with E-state index in [1.807, 2.05) is 11.8 Å². The van der Waals surface area contributed by atoms with Crippen molar-refractivity contribution in [3.05, 3.63) is 33.8 Å². The molecular weight excluding hydrogens is 296 g/mol. The minimum atomic E-state index is 0.00780. The average molecular weight is 311 g/mol. The van der Waals surface area contributed by atoms with Crippen LogP contribution in [0, 0.1) is 0 Å². The van der Waals surface area contributed by atoms with Gasteiger partial charge in [0.15, 0.2) is 0 Å². The monoisotopic (exact) mass is 310 g/mol. The van der Waals surface area contributed by atoms with Crippen LogP contribution in [0.15, 0.2) is 27.7 Å². The number of rotatable bonds is 1. The molecule has 0 bridgehead atoms. The highest BCUT2D eigenvalue weighted by Crippen LogP contribution is 2.45. The highest BCUT2D eigenvalue weighted by molar-refractivity contribution is 9.10. The van der Waals surface area contributed by atoms with Gasteiger partial charge in [-0.2, -0.15) is 0 Å². The lowest BCUT2D eigenvalue weighted by Crippen LogP contribution is -2.40. The number of amidine groups is 1. The van der Waals surface area contributed by atoms with Crippen LogP contribution in [0.2, 0.25) is 0 Å². The van der Waals surface area contributed by atoms with Crippen molar-refractivity contribution in [1.29, 1.82) is 0 Å². The Kier molecular flexibility index (Phi) is 2.95. The van der Waals surface area contributed by atoms with Gasteiger partial charge in [0.2, 0.25) is 0 Å². The molecule has 0 aromatic heterocycles. The van der Waals surface area contributed by atoms with Crippen LogP contribution in [0.5, 0.6) is 0 Å². The normalized spacial score (nSPS) is 27.3. The van der Waals surface area contributed by atoms with E-state index in [0.717, 1.165) is 31.1 Å². The zero-order valence-corrected chi connectivity index (χ0v) is 12.2. The quantitative estimate of drug-likeness (QED) is 0.862. The molecule has 0 saturated carbocycles. The van der Waals surface area contributed by atoms with Crippen molar-refractivity contribution < 1.29 is 0 Å². The van der Waals surface area contributed by atoms with Crippen LogP contribution < -0.4 is 5.32 Å². The summed E-state index contributed by atoms with van der Waals surface area (Å²) in [7, 11) is 0. The van der Waals surface area contributed by atoms with Crippen LogP contribution in [0.4, 0.5) is 0 Å². The van der Waals surface area contributed by atoms with E-state index in [2.05, 4.69) is 51.4 Å². The molecule has 2 aliphatic rings. The van der Waals surface area contributed by atoms with E-state index in [9.17, 15) is 0 Å². The second-order valence-corrected chi connectivity index (χ2v) is 6.92. The van der Waals surface area contributed by atoms with Gasteiger partial charge in [0.1, 0.15) is 5.84 Å². The molecule has 4 heteroatoms. The molecule has 1 unspecified atom stereocenters. The third-order valence-corrected chi connectivity index (χ3v) is 5.64. The summed E-state index contributed by atoms with van der Waals surface area (Å²) in [5, 5.41) is 3.44. The Morgan fingerprint density at radius 2 is 2.35 bits per heavy atom. The van der Waals surface area contributed by atoms with E-state index in [1.54, 1.807) is 0 Å². The number of halogens is 1. The number of nitrogens with one attached hydrogen (secondary N) is 1. The summed E-state index contributed by atoms with van der Waals surface area (Å²) >= 11 is 5.67. The van der Waals surface area contributed by atoms with Gasteiger partial charge in [-0.25, -0.2) is 0 Å². The van der Waals surface area contributed by atoms with Gasteiger partial charge in [-0.15, -0.1) is 11.8 Å². The van der Waals surface area contributed by atoms with Gasteiger partial charge in [0.05, 0.1) is 11.3 Å². The summed E-state index contributed by atoms with van der Waals surface area (Å²) in [6, 6.07) is 6.51. The lowest BCUT2D eigenvalue weighted by atomic mass is 9.92. The molecule has 0 fully saturated rings. The molecule has 0 radical (unpaired) electrons. The topological polar surface area (TPSA) is 24.4 Å². The molecule has 1 aromatic carbocycles. The number of thioether (sulfide) groups is 1. The zero-order valence-electron chi connectivity index (χ0n) is 9.79. The Morgan fingerprint density at radius 3 is 3.12 bits per heavy atom. The first kappa shape index (κ1) is 11.6. The molecule has 2 aliphatic heterocycles. The van der Waals surface area contributed by atoms with Gasteiger partial charge < -0.3 is 5.32 Å². The standard InChI is InChI=1S/C13H15BrN2S/c1-13(12-15-6-7-16-12)10-3-2-4-11(14)9(10)5-8-17-13/h2-4H,5-8H2,1H3,(H,15,16). The molecular formula is C13H15BrN2S. The maximum absolute atomic E-state index is 4.63. The molecule has 0 aliphatic carbocycles. The highest BCUT2D eigenvalue weighted by Gasteiger charge is 2.39. The van der Waals surface area contributed by atoms with Crippen molar-refractivity contribution in [1.82, 2.24) is 5.32 Å². The number of fused-ring (bicyclic) bond motifs is 1. The highest BCUT2D eigenvalue weighted by atomic mass is 79.9. The van der Waals surface area contributed by atoms with Gasteiger partial charge in [-0.05, 0) is 36.3 Å². The second-order valence-electron chi connectivity index (χ2n) is 4.55. The third-order valence-electron chi connectivity index (χ3n) is 3.50. The molecule has 2 heterocycles. The largest absolute Gasteiger partial charge is 0.371 e. The van der Waals surface area contributed by atoms with Crippen LogP contribution in [0.25, 0.3) is 0 Å². The maximum atomic E-state index is 4.63. The van der Waals surface area contributed by atoms with Crippen LogP contribution in [0.3, 0.4) is 0 Å². The van der Waals surface area contributed by atoms with E-state index in [-0.39, 0.29) is 4.75 Å². The van der Waals surface area contributed by atoms with Crippen LogP contribution in [0.1, 0.15) is 18.1 Å². The van der Waals surface area contributed by atoms with E-state index < -0.39 is 0 Å². The SMILES string of the molecule is CC1(C2=NCCN2)SCCc2c(Br)cccc21. The lowest BCUT2D eigenvalue weighted by Gasteiger charge is -2.36. The molecule has 3 rings (SSSR count). The van der Waals surface area contributed by atoms with Crippen LogP contribution in [-0.2, 0) is 11.2 Å². The van der Waals surface area contributed by atoms with E-state index >= 15 is 0 Å². The van der Waals surface area contributed by atoms with Gasteiger partial charge in [0, 0.05) is 11.0 Å². The lowest BCUT2D eigenvalue weighted by molar-refractivity contribution is 0.835. The van der Waals surface area contributed by atoms with Gasteiger partial charge in [-0.1, -0.05) is 28.1 Å². The van der Waals surface area contributed by atoms with Crippen molar-refractivity contribution >= 4 is 33.5 Å². The first-order chi connectivity index (χ1) is 8.22. The van der Waals surface area contributed by atoms with Gasteiger partial charge in [0.25, 0.3) is 0 Å². The summed E-state index contributed by atoms with van der Waals surface area (Å²) in [5.74, 6) is 2.31. The van der Waals surface area contributed by atoms with Gasteiger partial charge >= 0.3 is 0 Å². The minimum Gasteiger partial charge on any atom is -0.371 e. The summed E-state index contributed by atoms with van der Waals surface area (Å²) in [6.07, 6.45) is 1.14. The summed E-state index contributed by atoms with van der Waals surface area (Å²) in [5.41, 5.74) is 2.86. The fraction of sp³-hybridized carbons (Fsp3) is 0.462. The number of hydrogen-bond acceptors (Lipinski definition) is 3. The van der Waals surface area contributed by atoms with Crippen molar-refractivity contribution in [2.75, 3.05) is 18.8 Å². The van der Waals surface area contributed by atoms with Crippen molar-refractivity contribution in [2.24, 2.45) is 4.99 Å². The van der Waals surface area contributed by atoms with Gasteiger partial charge in [-0.3, -0.25) is 4.99 Å². The van der Waals surface area contributed by atoms with Crippen LogP contribution in [-0.4, -0.2) is 24.7 Å². The molecule has 1 atom stereocenters. The zero-order chi connectivity index (χ0) is 11.9. The van der Waals surface area contributed by atoms with E-state index in [1.165, 1.54) is 15.6 Å². The third kappa shape index (κ3) is 1.82. The number of nitrogens with zero attached hydrogens (tertiary/aromatic N) is 1. The maximum Gasteiger partial charge on any atom is 0.117 e. The predicted octanol–water partition coefficient (Wildman–Crippen LogP) is 2.96. The Hall–Kier alpha value is -0.480. The molecule has 0 spiro atoms. The molecule has 0 saturated heterocycles. The number of aliphatic imine (C=N–C) groups is 1. The molecule has 90 valence electrons. The molecule has 1 aromatic rings. The summed E-state index contributed by atoms with van der Waals surface area (Å²) in [4.78, 5) is 4.63. The summed E-state index contributed by atoms with van der Waals surface area (Å²) < 4.78 is 1.24. The smallest absolute Gasteiger partial charge is 0.117 e. The average Bonchev–Trinajstić information content (AvgIpc) is 2.85. The Labute approximate surface area is 114 Å². The number of hydrogen-bond donors (Lipinski definition) is 1. The van der Waals surface area contributed by atoms with E-state index in [0.29, 0.717) is 0 Å². The van der Waals surface area contributed by atoms with E-state index in [4.69, 9.17) is 0 Å². The predicted molar refractivity (Wildman–Crippen MR) is 78.0 cm³/mol. The minimum absolute atomic E-state index is 0.00780. The molecule has 2 nitrogen and oxygen atoms in total. The summed E-state index contributed by atoms with van der Waals surface area (Å²) in [6.45, 7) is 4.18. The Bertz CT molecular complexity index is 486. The fourth-order valence-corrected chi connectivity index (χ4v) is 4.51.